The van der Waals surface area contributed by atoms with Crippen molar-refractivity contribution < 1.29 is 33.3 Å². The summed E-state index contributed by atoms with van der Waals surface area (Å²) in [5.41, 5.74) is 1.96. The number of carbonyl (C=O) groups is 2. The van der Waals surface area contributed by atoms with Crippen LogP contribution in [0.1, 0.15) is 24.1 Å². The topological polar surface area (TPSA) is 95.6 Å². The zero-order valence-corrected chi connectivity index (χ0v) is 19.3. The van der Waals surface area contributed by atoms with Gasteiger partial charge in [0.15, 0.2) is 0 Å². The van der Waals surface area contributed by atoms with E-state index in [0.29, 0.717) is 6.54 Å². The number of carbonyl (C=O) groups excluding carboxylic acids is 2. The smallest absolute Gasteiger partial charge is 0.497 e. The minimum Gasteiger partial charge on any atom is -0.497 e. The Kier molecular flexibility index (Phi) is 8.37. The molecular formula is C24H30N2O7. The quantitative estimate of drug-likeness (QED) is 0.602. The van der Waals surface area contributed by atoms with Gasteiger partial charge in [0.2, 0.25) is 0 Å². The molecule has 0 aliphatic carbocycles. The maximum Gasteiger partial charge on any atom is 0.508 e. The van der Waals surface area contributed by atoms with E-state index in [1.54, 1.807) is 21.1 Å². The molecule has 1 amide bonds. The Balaban J connectivity index is 1.90. The summed E-state index contributed by atoms with van der Waals surface area (Å²) >= 11 is 0. The van der Waals surface area contributed by atoms with E-state index in [1.807, 2.05) is 48.5 Å². The Morgan fingerprint density at radius 3 is 1.94 bits per heavy atom. The molecule has 1 aliphatic rings. The Morgan fingerprint density at radius 2 is 1.48 bits per heavy atom. The molecule has 1 heterocycles. The van der Waals surface area contributed by atoms with Gasteiger partial charge in [0.05, 0.1) is 46.6 Å². The zero-order valence-electron chi connectivity index (χ0n) is 19.3. The van der Waals surface area contributed by atoms with Crippen LogP contribution in [0.5, 0.6) is 11.5 Å². The number of nitrogens with zero attached hydrogens (tertiary/aromatic N) is 1. The molecular weight excluding hydrogens is 428 g/mol. The molecule has 2 aromatic carbocycles. The summed E-state index contributed by atoms with van der Waals surface area (Å²) in [7, 11) is 4.55. The normalized spacial score (nSPS) is 17.5. The molecule has 1 fully saturated rings. The third-order valence-corrected chi connectivity index (χ3v) is 5.49. The predicted molar refractivity (Wildman–Crippen MR) is 121 cm³/mol. The summed E-state index contributed by atoms with van der Waals surface area (Å²) in [6.07, 6.45) is -1.86. The summed E-state index contributed by atoms with van der Waals surface area (Å²) in [4.78, 5) is 25.7. The maximum absolute atomic E-state index is 12.2. The van der Waals surface area contributed by atoms with Crippen LogP contribution < -0.4 is 14.8 Å². The van der Waals surface area contributed by atoms with Crippen molar-refractivity contribution in [2.45, 2.75) is 25.1 Å². The first-order chi connectivity index (χ1) is 16.0. The number of benzene rings is 2. The largest absolute Gasteiger partial charge is 0.508 e. The van der Waals surface area contributed by atoms with Gasteiger partial charge in [-0.2, -0.15) is 0 Å². The Hall–Kier alpha value is -3.46. The van der Waals surface area contributed by atoms with Crippen LogP contribution in [0.4, 0.5) is 9.59 Å². The first-order valence-corrected chi connectivity index (χ1v) is 10.7. The fraction of sp³-hybridized carbons (Fsp3) is 0.417. The second-order valence-electron chi connectivity index (χ2n) is 7.47. The van der Waals surface area contributed by atoms with Crippen molar-refractivity contribution >= 4 is 12.2 Å². The molecule has 2 unspecified atom stereocenters. The molecule has 9 heteroatoms. The summed E-state index contributed by atoms with van der Waals surface area (Å²) < 4.78 is 25.9. The molecule has 0 radical (unpaired) electrons. The van der Waals surface area contributed by atoms with Crippen molar-refractivity contribution in [3.63, 3.8) is 0 Å². The van der Waals surface area contributed by atoms with Gasteiger partial charge in [-0.25, -0.2) is 9.59 Å². The molecule has 0 spiro atoms. The van der Waals surface area contributed by atoms with Crippen molar-refractivity contribution in [2.24, 2.45) is 0 Å². The highest BCUT2D eigenvalue weighted by molar-refractivity contribution is 5.68. The first-order valence-electron chi connectivity index (χ1n) is 10.7. The van der Waals surface area contributed by atoms with Crippen LogP contribution in [-0.4, -0.2) is 70.3 Å². The Morgan fingerprint density at radius 1 is 0.939 bits per heavy atom. The number of rotatable bonds is 8. The van der Waals surface area contributed by atoms with Gasteiger partial charge >= 0.3 is 12.2 Å². The fourth-order valence-corrected chi connectivity index (χ4v) is 3.80. The lowest BCUT2D eigenvalue weighted by molar-refractivity contribution is 0.0211. The third kappa shape index (κ3) is 6.07. The Labute approximate surface area is 193 Å². The van der Waals surface area contributed by atoms with E-state index < -0.39 is 18.4 Å². The summed E-state index contributed by atoms with van der Waals surface area (Å²) in [5.74, 6) is 1.49. The highest BCUT2D eigenvalue weighted by atomic mass is 16.7. The summed E-state index contributed by atoms with van der Waals surface area (Å²) in [5, 5.41) is 3.57. The predicted octanol–water partition coefficient (Wildman–Crippen LogP) is 3.38. The number of hydrogen-bond acceptors (Lipinski definition) is 8. The number of methoxy groups -OCH3 is 3. The number of hydrogen-bond donors (Lipinski definition) is 1. The molecule has 0 aromatic heterocycles. The molecule has 2 aromatic rings. The molecule has 0 bridgehead atoms. The molecule has 9 nitrogen and oxygen atoms in total. The molecule has 3 rings (SSSR count). The second kappa shape index (κ2) is 11.4. The van der Waals surface area contributed by atoms with Gasteiger partial charge in [-0.15, -0.1) is 0 Å². The minimum absolute atomic E-state index is 0.196. The van der Waals surface area contributed by atoms with Gasteiger partial charge in [-0.1, -0.05) is 24.3 Å². The number of nitrogens with one attached hydrogen (secondary N) is 1. The van der Waals surface area contributed by atoms with E-state index in [-0.39, 0.29) is 25.2 Å². The SMILES string of the molecule is CCOC(=O)OC1CN(C(=O)OC)CC1NC(c1ccc(OC)cc1)c1ccc(OC)cc1. The molecule has 0 saturated carbocycles. The lowest BCUT2D eigenvalue weighted by Crippen LogP contribution is -2.43. The van der Waals surface area contributed by atoms with E-state index in [4.69, 9.17) is 23.7 Å². The Bertz CT molecular complexity index is 870. The van der Waals surface area contributed by atoms with Gasteiger partial charge in [0.25, 0.3) is 0 Å². The van der Waals surface area contributed by atoms with Gasteiger partial charge < -0.3 is 28.6 Å². The molecule has 2 atom stereocenters. The van der Waals surface area contributed by atoms with Gasteiger partial charge in [-0.05, 0) is 42.3 Å². The molecule has 1 saturated heterocycles. The van der Waals surface area contributed by atoms with Crippen LogP contribution in [0.15, 0.2) is 48.5 Å². The van der Waals surface area contributed by atoms with E-state index in [0.717, 1.165) is 22.6 Å². The zero-order chi connectivity index (χ0) is 23.8. The van der Waals surface area contributed by atoms with Crippen LogP contribution in [0.2, 0.25) is 0 Å². The van der Waals surface area contributed by atoms with Crippen molar-refractivity contribution in [1.29, 1.82) is 0 Å². The third-order valence-electron chi connectivity index (χ3n) is 5.49. The highest BCUT2D eigenvalue weighted by Crippen LogP contribution is 2.28. The number of likely N-dealkylation sites (tertiary alicyclic amines) is 1. The van der Waals surface area contributed by atoms with Crippen LogP contribution in [0.25, 0.3) is 0 Å². The van der Waals surface area contributed by atoms with E-state index in [1.165, 1.54) is 12.0 Å². The second-order valence-corrected chi connectivity index (χ2v) is 7.47. The van der Waals surface area contributed by atoms with E-state index in [2.05, 4.69) is 5.32 Å². The molecule has 1 aliphatic heterocycles. The monoisotopic (exact) mass is 458 g/mol. The first kappa shape index (κ1) is 24.2. The average molecular weight is 459 g/mol. The number of ether oxygens (including phenoxy) is 5. The van der Waals surface area contributed by atoms with E-state index in [9.17, 15) is 9.59 Å². The standard InChI is InChI=1S/C24H30N2O7/c1-5-32-24(28)33-21-15-26(23(27)31-4)14-20(21)25-22(16-6-10-18(29-2)11-7-16)17-8-12-19(30-3)13-9-17/h6-13,20-22,25H,5,14-15H2,1-4H3. The van der Waals surface area contributed by atoms with Crippen molar-refractivity contribution in [2.75, 3.05) is 41.0 Å². The van der Waals surface area contributed by atoms with Gasteiger partial charge in [-0.3, -0.25) is 5.32 Å². The van der Waals surface area contributed by atoms with Crippen LogP contribution in [-0.2, 0) is 14.2 Å². The van der Waals surface area contributed by atoms with Crippen molar-refractivity contribution in [3.8, 4) is 11.5 Å². The van der Waals surface area contributed by atoms with Gasteiger partial charge in [0, 0.05) is 6.54 Å². The highest BCUT2D eigenvalue weighted by Gasteiger charge is 2.40. The molecule has 1 N–H and O–H groups in total. The molecule has 33 heavy (non-hydrogen) atoms. The van der Waals surface area contributed by atoms with Crippen LogP contribution in [0, 0.1) is 0 Å². The van der Waals surface area contributed by atoms with Crippen molar-refractivity contribution in [1.82, 2.24) is 10.2 Å². The molecule has 178 valence electrons. The van der Waals surface area contributed by atoms with Crippen LogP contribution >= 0.6 is 0 Å². The lowest BCUT2D eigenvalue weighted by Gasteiger charge is -2.27. The summed E-state index contributed by atoms with van der Waals surface area (Å²) in [6, 6.07) is 14.8. The van der Waals surface area contributed by atoms with Gasteiger partial charge in [0.1, 0.15) is 17.6 Å². The summed E-state index contributed by atoms with van der Waals surface area (Å²) in [6.45, 7) is 2.40. The van der Waals surface area contributed by atoms with Crippen molar-refractivity contribution in [3.05, 3.63) is 59.7 Å². The van der Waals surface area contributed by atoms with E-state index >= 15 is 0 Å². The number of amides is 1. The average Bonchev–Trinajstić information content (AvgIpc) is 3.24. The maximum atomic E-state index is 12.2. The fourth-order valence-electron chi connectivity index (χ4n) is 3.80. The lowest BCUT2D eigenvalue weighted by atomic mass is 9.97. The van der Waals surface area contributed by atoms with Crippen LogP contribution in [0.3, 0.4) is 0 Å². The minimum atomic E-state index is -0.772.